The summed E-state index contributed by atoms with van der Waals surface area (Å²) in [6.07, 6.45) is 5.00. The Morgan fingerprint density at radius 3 is 2.81 bits per heavy atom. The zero-order chi connectivity index (χ0) is 18.8. The number of aromatic nitrogens is 2. The van der Waals surface area contributed by atoms with E-state index >= 15 is 0 Å². The number of anilines is 1. The Bertz CT molecular complexity index is 1080. The first-order valence-corrected chi connectivity index (χ1v) is 10.00. The molecule has 0 saturated carbocycles. The van der Waals surface area contributed by atoms with Crippen molar-refractivity contribution in [3.8, 4) is 0 Å². The van der Waals surface area contributed by atoms with Crippen molar-refractivity contribution in [2.75, 3.05) is 11.9 Å². The smallest absolute Gasteiger partial charge is 0.266 e. The van der Waals surface area contributed by atoms with Crippen molar-refractivity contribution in [3.63, 3.8) is 0 Å². The van der Waals surface area contributed by atoms with Crippen LogP contribution in [0.25, 0.3) is 17.1 Å². The minimum Gasteiger partial charge on any atom is -0.324 e. The van der Waals surface area contributed by atoms with Crippen molar-refractivity contribution < 1.29 is 9.59 Å². The van der Waals surface area contributed by atoms with Crippen molar-refractivity contribution >= 4 is 74.2 Å². The maximum atomic E-state index is 12.6. The highest BCUT2D eigenvalue weighted by molar-refractivity contribution is 8.26. The molecule has 0 bridgehead atoms. The van der Waals surface area contributed by atoms with E-state index in [4.69, 9.17) is 12.2 Å². The molecule has 1 aliphatic heterocycles. The first-order chi connectivity index (χ1) is 13.1. The van der Waals surface area contributed by atoms with Gasteiger partial charge in [-0.3, -0.25) is 24.5 Å². The largest absolute Gasteiger partial charge is 0.324 e. The van der Waals surface area contributed by atoms with Crippen LogP contribution in [0, 0.1) is 0 Å². The number of rotatable bonds is 4. The Morgan fingerprint density at radius 2 is 2.04 bits per heavy atom. The first-order valence-electron chi connectivity index (χ1n) is 7.90. The standard InChI is InChI=1S/C18H12N4O2S3/c23-16(21-11-3-4-13-14(8-11)20-6-5-19-13)10-22-17(24)15(27-18(22)25)9-12-2-1-7-26-12/h1-9H,10H2,(H,21,23). The van der Waals surface area contributed by atoms with Gasteiger partial charge in [0.05, 0.1) is 15.9 Å². The molecule has 3 aromatic rings. The second kappa shape index (κ2) is 7.55. The second-order valence-electron chi connectivity index (χ2n) is 5.59. The van der Waals surface area contributed by atoms with Gasteiger partial charge < -0.3 is 5.32 Å². The van der Waals surface area contributed by atoms with E-state index in [9.17, 15) is 9.59 Å². The van der Waals surface area contributed by atoms with Gasteiger partial charge in [0.15, 0.2) is 0 Å². The van der Waals surface area contributed by atoms with Gasteiger partial charge in [-0.25, -0.2) is 0 Å². The topological polar surface area (TPSA) is 75.2 Å². The Morgan fingerprint density at radius 1 is 1.22 bits per heavy atom. The van der Waals surface area contributed by atoms with E-state index in [1.165, 1.54) is 28.0 Å². The van der Waals surface area contributed by atoms with E-state index in [1.807, 2.05) is 17.5 Å². The van der Waals surface area contributed by atoms with Gasteiger partial charge in [-0.2, -0.15) is 0 Å². The van der Waals surface area contributed by atoms with Crippen LogP contribution in [0.15, 0.2) is 53.0 Å². The molecular weight excluding hydrogens is 400 g/mol. The van der Waals surface area contributed by atoms with Crippen LogP contribution in [0.4, 0.5) is 5.69 Å². The Hall–Kier alpha value is -2.62. The van der Waals surface area contributed by atoms with Gasteiger partial charge in [-0.15, -0.1) is 11.3 Å². The fourth-order valence-electron chi connectivity index (χ4n) is 2.52. The number of hydrogen-bond donors (Lipinski definition) is 1. The summed E-state index contributed by atoms with van der Waals surface area (Å²) in [7, 11) is 0. The minimum atomic E-state index is -0.327. The number of thiophene rings is 1. The molecule has 6 nitrogen and oxygen atoms in total. The third kappa shape index (κ3) is 3.90. The van der Waals surface area contributed by atoms with Crippen molar-refractivity contribution in [1.82, 2.24) is 14.9 Å². The predicted molar refractivity (Wildman–Crippen MR) is 112 cm³/mol. The van der Waals surface area contributed by atoms with E-state index in [0.717, 1.165) is 10.4 Å². The van der Waals surface area contributed by atoms with Crippen LogP contribution in [-0.4, -0.2) is 37.5 Å². The molecule has 0 atom stereocenters. The van der Waals surface area contributed by atoms with Gasteiger partial charge >= 0.3 is 0 Å². The molecule has 27 heavy (non-hydrogen) atoms. The van der Waals surface area contributed by atoms with Crippen LogP contribution in [0.3, 0.4) is 0 Å². The zero-order valence-electron chi connectivity index (χ0n) is 13.8. The van der Waals surface area contributed by atoms with E-state index in [2.05, 4.69) is 15.3 Å². The van der Waals surface area contributed by atoms with Crippen LogP contribution in [0.1, 0.15) is 4.88 Å². The number of hydrogen-bond acceptors (Lipinski definition) is 7. The summed E-state index contributed by atoms with van der Waals surface area (Å²) in [4.78, 5) is 36.2. The van der Waals surface area contributed by atoms with Crippen molar-refractivity contribution in [3.05, 3.63) is 57.9 Å². The average Bonchev–Trinajstić information content (AvgIpc) is 3.26. The summed E-state index contributed by atoms with van der Waals surface area (Å²) in [5.41, 5.74) is 2.01. The van der Waals surface area contributed by atoms with Gasteiger partial charge in [0, 0.05) is 23.0 Å². The van der Waals surface area contributed by atoms with Gasteiger partial charge in [0.1, 0.15) is 10.9 Å². The lowest BCUT2D eigenvalue weighted by Gasteiger charge is -2.14. The van der Waals surface area contributed by atoms with Gasteiger partial charge in [0.25, 0.3) is 5.91 Å². The number of nitrogens with zero attached hydrogens (tertiary/aromatic N) is 3. The van der Waals surface area contributed by atoms with Crippen LogP contribution in [0.2, 0.25) is 0 Å². The fraction of sp³-hybridized carbons (Fsp3) is 0.0556. The zero-order valence-corrected chi connectivity index (χ0v) is 16.2. The van der Waals surface area contributed by atoms with Crippen LogP contribution >= 0.6 is 35.3 Å². The second-order valence-corrected chi connectivity index (χ2v) is 8.25. The number of carbonyl (C=O) groups is 2. The summed E-state index contributed by atoms with van der Waals surface area (Å²) in [5.74, 6) is -0.579. The Labute approximate surface area is 168 Å². The third-order valence-corrected chi connectivity index (χ3v) is 5.94. The summed E-state index contributed by atoms with van der Waals surface area (Å²) < 4.78 is 0.377. The van der Waals surface area contributed by atoms with Gasteiger partial charge in [-0.1, -0.05) is 30.0 Å². The molecular formula is C18H12N4O2S3. The van der Waals surface area contributed by atoms with Crippen LogP contribution < -0.4 is 5.32 Å². The number of benzene rings is 1. The predicted octanol–water partition coefficient (Wildman–Crippen LogP) is 3.53. The lowest BCUT2D eigenvalue weighted by Crippen LogP contribution is -2.36. The van der Waals surface area contributed by atoms with Gasteiger partial charge in [0.2, 0.25) is 5.91 Å². The van der Waals surface area contributed by atoms with Crippen LogP contribution in [0.5, 0.6) is 0 Å². The van der Waals surface area contributed by atoms with Crippen molar-refractivity contribution in [2.45, 2.75) is 0 Å². The highest BCUT2D eigenvalue weighted by Crippen LogP contribution is 2.33. The summed E-state index contributed by atoms with van der Waals surface area (Å²) in [6.45, 7) is -0.134. The molecule has 2 amide bonds. The average molecular weight is 413 g/mol. The number of amides is 2. The molecule has 0 unspecified atom stereocenters. The third-order valence-electron chi connectivity index (χ3n) is 3.74. The number of carbonyl (C=O) groups excluding carboxylic acids is 2. The number of fused-ring (bicyclic) bond motifs is 1. The highest BCUT2D eigenvalue weighted by Gasteiger charge is 2.33. The van der Waals surface area contributed by atoms with E-state index in [0.29, 0.717) is 20.4 Å². The van der Waals surface area contributed by atoms with E-state index < -0.39 is 0 Å². The molecule has 1 aromatic carbocycles. The maximum absolute atomic E-state index is 12.6. The number of nitrogens with one attached hydrogen (secondary N) is 1. The lowest BCUT2D eigenvalue weighted by atomic mass is 10.2. The highest BCUT2D eigenvalue weighted by atomic mass is 32.2. The quantitative estimate of drug-likeness (QED) is 0.522. The number of thioether (sulfide) groups is 1. The van der Waals surface area contributed by atoms with Crippen molar-refractivity contribution in [1.29, 1.82) is 0 Å². The fourth-order valence-corrected chi connectivity index (χ4v) is 4.50. The van der Waals surface area contributed by atoms with E-state index in [-0.39, 0.29) is 18.4 Å². The first kappa shape index (κ1) is 17.8. The SMILES string of the molecule is O=C(CN1C(=O)C(=Cc2cccs2)SC1=S)Nc1ccc2nccnc2c1. The molecule has 2 aromatic heterocycles. The molecule has 0 spiro atoms. The molecule has 0 radical (unpaired) electrons. The summed E-state index contributed by atoms with van der Waals surface area (Å²) in [6, 6.07) is 9.10. The lowest BCUT2D eigenvalue weighted by molar-refractivity contribution is -0.126. The molecule has 0 aliphatic carbocycles. The number of thiocarbonyl (C=S) groups is 1. The van der Waals surface area contributed by atoms with E-state index in [1.54, 1.807) is 36.7 Å². The normalized spacial score (nSPS) is 15.7. The van der Waals surface area contributed by atoms with Crippen LogP contribution in [-0.2, 0) is 9.59 Å². The molecule has 134 valence electrons. The van der Waals surface area contributed by atoms with Crippen molar-refractivity contribution in [2.24, 2.45) is 0 Å². The monoisotopic (exact) mass is 412 g/mol. The Balaban J connectivity index is 1.45. The Kier molecular flexibility index (Phi) is 4.97. The molecule has 1 N–H and O–H groups in total. The van der Waals surface area contributed by atoms with Gasteiger partial charge in [-0.05, 0) is 35.7 Å². The molecule has 4 rings (SSSR count). The molecule has 1 fully saturated rings. The minimum absolute atomic E-state index is 0.134. The molecule has 1 saturated heterocycles. The molecule has 9 heteroatoms. The molecule has 3 heterocycles. The summed E-state index contributed by atoms with van der Waals surface area (Å²) in [5, 5.41) is 4.71. The molecule has 1 aliphatic rings. The summed E-state index contributed by atoms with van der Waals surface area (Å²) >= 11 is 8.01. The maximum Gasteiger partial charge on any atom is 0.266 e.